The molecular formula is C20H27NO2. The van der Waals surface area contributed by atoms with Crippen LogP contribution in [0.2, 0.25) is 0 Å². The molecule has 0 amide bonds. The van der Waals surface area contributed by atoms with Crippen LogP contribution < -0.4 is 14.8 Å². The van der Waals surface area contributed by atoms with Gasteiger partial charge in [-0.05, 0) is 51.0 Å². The number of anilines is 1. The van der Waals surface area contributed by atoms with Gasteiger partial charge in [-0.1, -0.05) is 31.2 Å². The highest BCUT2D eigenvalue weighted by atomic mass is 16.5. The number of rotatable bonds is 8. The summed E-state index contributed by atoms with van der Waals surface area (Å²) in [5, 5.41) is 3.44. The van der Waals surface area contributed by atoms with Gasteiger partial charge in [0.2, 0.25) is 0 Å². The van der Waals surface area contributed by atoms with E-state index in [1.807, 2.05) is 56.3 Å². The van der Waals surface area contributed by atoms with E-state index in [0.717, 1.165) is 30.2 Å². The molecule has 0 radical (unpaired) electrons. The first-order valence-corrected chi connectivity index (χ1v) is 8.31. The molecule has 0 saturated carbocycles. The minimum atomic E-state index is 0.130. The van der Waals surface area contributed by atoms with Gasteiger partial charge in [0.1, 0.15) is 17.6 Å². The molecule has 1 atom stereocenters. The minimum absolute atomic E-state index is 0.130. The van der Waals surface area contributed by atoms with Crippen LogP contribution in [0.1, 0.15) is 32.8 Å². The van der Waals surface area contributed by atoms with E-state index in [4.69, 9.17) is 9.47 Å². The predicted molar refractivity (Wildman–Crippen MR) is 96.6 cm³/mol. The third kappa shape index (κ3) is 5.51. The van der Waals surface area contributed by atoms with Gasteiger partial charge in [-0.25, -0.2) is 0 Å². The van der Waals surface area contributed by atoms with Crippen molar-refractivity contribution in [1.29, 1.82) is 0 Å². The molecular weight excluding hydrogens is 286 g/mol. The Kier molecular flexibility index (Phi) is 6.33. The molecule has 0 saturated heterocycles. The summed E-state index contributed by atoms with van der Waals surface area (Å²) in [6.07, 6.45) is 1.26. The lowest BCUT2D eigenvalue weighted by Crippen LogP contribution is -2.25. The van der Waals surface area contributed by atoms with Crippen LogP contribution in [0.5, 0.6) is 11.5 Å². The average Bonchev–Trinajstić information content (AvgIpc) is 2.53. The number of nitrogens with one attached hydrogen (secondary N) is 1. The van der Waals surface area contributed by atoms with Crippen LogP contribution in [0.3, 0.4) is 0 Å². The van der Waals surface area contributed by atoms with Crippen molar-refractivity contribution >= 4 is 5.69 Å². The number of ether oxygens (including phenoxy) is 2. The van der Waals surface area contributed by atoms with Crippen molar-refractivity contribution in [2.75, 3.05) is 11.9 Å². The molecule has 0 fully saturated rings. The summed E-state index contributed by atoms with van der Waals surface area (Å²) in [5.41, 5.74) is 2.22. The Morgan fingerprint density at radius 2 is 1.78 bits per heavy atom. The largest absolute Gasteiger partial charge is 0.491 e. The van der Waals surface area contributed by atoms with Gasteiger partial charge in [0.25, 0.3) is 0 Å². The number of aryl methyl sites for hydroxylation is 1. The molecule has 124 valence electrons. The third-order valence-corrected chi connectivity index (χ3v) is 3.58. The van der Waals surface area contributed by atoms with Gasteiger partial charge in [-0.2, -0.15) is 0 Å². The van der Waals surface area contributed by atoms with E-state index in [1.54, 1.807) is 0 Å². The van der Waals surface area contributed by atoms with Crippen molar-refractivity contribution in [3.05, 3.63) is 54.1 Å². The molecule has 0 bridgehead atoms. The maximum absolute atomic E-state index is 6.12. The Bertz CT molecular complexity index is 610. The van der Waals surface area contributed by atoms with Crippen molar-refractivity contribution in [3.8, 4) is 11.5 Å². The molecule has 1 N–H and O–H groups in total. The van der Waals surface area contributed by atoms with Crippen molar-refractivity contribution in [2.24, 2.45) is 0 Å². The topological polar surface area (TPSA) is 30.5 Å². The fraction of sp³-hybridized carbons (Fsp3) is 0.400. The van der Waals surface area contributed by atoms with E-state index >= 15 is 0 Å². The van der Waals surface area contributed by atoms with Crippen LogP contribution in [0.15, 0.2) is 48.5 Å². The quantitative estimate of drug-likeness (QED) is 0.739. The molecule has 3 heteroatoms. The summed E-state index contributed by atoms with van der Waals surface area (Å²) in [7, 11) is 0. The van der Waals surface area contributed by atoms with Gasteiger partial charge in [0.05, 0.1) is 12.6 Å². The Labute approximate surface area is 139 Å². The van der Waals surface area contributed by atoms with Crippen LogP contribution in [0.25, 0.3) is 0 Å². The normalized spacial score (nSPS) is 12.0. The SMILES string of the molecule is CCC(CNc1cccc(OC(C)C)c1)Oc1ccccc1C. The molecule has 0 aromatic heterocycles. The lowest BCUT2D eigenvalue weighted by atomic mass is 10.2. The van der Waals surface area contributed by atoms with E-state index in [1.165, 1.54) is 5.56 Å². The van der Waals surface area contributed by atoms with Gasteiger partial charge < -0.3 is 14.8 Å². The molecule has 0 aliphatic carbocycles. The zero-order valence-corrected chi connectivity index (χ0v) is 14.5. The molecule has 3 nitrogen and oxygen atoms in total. The third-order valence-electron chi connectivity index (χ3n) is 3.58. The maximum Gasteiger partial charge on any atom is 0.122 e. The fourth-order valence-electron chi connectivity index (χ4n) is 2.32. The summed E-state index contributed by atoms with van der Waals surface area (Å²) in [6, 6.07) is 16.2. The second kappa shape index (κ2) is 8.47. The number of hydrogen-bond acceptors (Lipinski definition) is 3. The zero-order valence-electron chi connectivity index (χ0n) is 14.5. The molecule has 0 heterocycles. The highest BCUT2D eigenvalue weighted by Gasteiger charge is 2.10. The van der Waals surface area contributed by atoms with Crippen molar-refractivity contribution < 1.29 is 9.47 Å². The Hall–Kier alpha value is -2.16. The first kappa shape index (κ1) is 17.2. The summed E-state index contributed by atoms with van der Waals surface area (Å²) >= 11 is 0. The minimum Gasteiger partial charge on any atom is -0.491 e. The Balaban J connectivity index is 1.94. The van der Waals surface area contributed by atoms with Gasteiger partial charge in [-0.15, -0.1) is 0 Å². The highest BCUT2D eigenvalue weighted by molar-refractivity contribution is 5.48. The highest BCUT2D eigenvalue weighted by Crippen LogP contribution is 2.21. The number of hydrogen-bond donors (Lipinski definition) is 1. The van der Waals surface area contributed by atoms with Gasteiger partial charge >= 0.3 is 0 Å². The number of para-hydroxylation sites is 1. The van der Waals surface area contributed by atoms with Crippen LogP contribution in [0.4, 0.5) is 5.69 Å². The van der Waals surface area contributed by atoms with E-state index in [9.17, 15) is 0 Å². The van der Waals surface area contributed by atoms with Crippen LogP contribution >= 0.6 is 0 Å². The fourth-order valence-corrected chi connectivity index (χ4v) is 2.32. The van der Waals surface area contributed by atoms with Crippen molar-refractivity contribution in [2.45, 2.75) is 46.3 Å². The van der Waals surface area contributed by atoms with Crippen molar-refractivity contribution in [1.82, 2.24) is 0 Å². The molecule has 0 aliphatic rings. The molecule has 2 aromatic rings. The summed E-state index contributed by atoms with van der Waals surface area (Å²) in [4.78, 5) is 0. The van der Waals surface area contributed by atoms with E-state index < -0.39 is 0 Å². The molecule has 23 heavy (non-hydrogen) atoms. The number of benzene rings is 2. The van der Waals surface area contributed by atoms with Crippen LogP contribution in [-0.4, -0.2) is 18.8 Å². The van der Waals surface area contributed by atoms with Gasteiger partial charge in [0, 0.05) is 11.8 Å². The summed E-state index contributed by atoms with van der Waals surface area (Å²) in [5.74, 6) is 1.84. The van der Waals surface area contributed by atoms with E-state index in [-0.39, 0.29) is 12.2 Å². The average molecular weight is 313 g/mol. The van der Waals surface area contributed by atoms with Crippen LogP contribution in [-0.2, 0) is 0 Å². The standard InChI is InChI=1S/C20H27NO2/c1-5-18(23-20-12-7-6-9-16(20)4)14-21-17-10-8-11-19(13-17)22-15(2)3/h6-13,15,18,21H,5,14H2,1-4H3. The molecule has 0 spiro atoms. The monoisotopic (exact) mass is 313 g/mol. The molecule has 1 unspecified atom stereocenters. The van der Waals surface area contributed by atoms with Crippen LogP contribution in [0, 0.1) is 6.92 Å². The maximum atomic E-state index is 6.12. The predicted octanol–water partition coefficient (Wildman–Crippen LogP) is 5.05. The summed E-state index contributed by atoms with van der Waals surface area (Å²) in [6.45, 7) is 9.04. The molecule has 0 aliphatic heterocycles. The second-order valence-electron chi connectivity index (χ2n) is 5.99. The lowest BCUT2D eigenvalue weighted by Gasteiger charge is -2.20. The first-order valence-electron chi connectivity index (χ1n) is 8.31. The van der Waals surface area contributed by atoms with Gasteiger partial charge in [0.15, 0.2) is 0 Å². The zero-order chi connectivity index (χ0) is 16.7. The van der Waals surface area contributed by atoms with E-state index in [0.29, 0.717) is 0 Å². The van der Waals surface area contributed by atoms with E-state index in [2.05, 4.69) is 25.2 Å². The lowest BCUT2D eigenvalue weighted by molar-refractivity contribution is 0.208. The van der Waals surface area contributed by atoms with Gasteiger partial charge in [-0.3, -0.25) is 0 Å². The Morgan fingerprint density at radius 3 is 2.48 bits per heavy atom. The Morgan fingerprint density at radius 1 is 1.00 bits per heavy atom. The smallest absolute Gasteiger partial charge is 0.122 e. The molecule has 2 rings (SSSR count). The summed E-state index contributed by atoms with van der Waals surface area (Å²) < 4.78 is 11.8. The second-order valence-corrected chi connectivity index (χ2v) is 5.99. The first-order chi connectivity index (χ1) is 11.1. The molecule has 2 aromatic carbocycles. The van der Waals surface area contributed by atoms with Crippen molar-refractivity contribution in [3.63, 3.8) is 0 Å².